The molecule has 4 heteroatoms. The van der Waals surface area contributed by atoms with Crippen LogP contribution in [0.1, 0.15) is 20.8 Å². The number of hydrogen-bond acceptors (Lipinski definition) is 4. The third-order valence-corrected chi connectivity index (χ3v) is 2.12. The maximum atomic E-state index is 9.14. The van der Waals surface area contributed by atoms with Crippen molar-refractivity contribution in [2.24, 2.45) is 0 Å². The van der Waals surface area contributed by atoms with Gasteiger partial charge < -0.3 is 9.64 Å². The van der Waals surface area contributed by atoms with Crippen molar-refractivity contribution in [1.29, 1.82) is 5.26 Å². The minimum Gasteiger partial charge on any atom is -0.383 e. The number of nitrogens with zero attached hydrogens (tertiary/aromatic N) is 2. The first-order chi connectivity index (χ1) is 6.93. The van der Waals surface area contributed by atoms with Crippen LogP contribution in [0.15, 0.2) is 0 Å². The number of rotatable bonds is 7. The van der Waals surface area contributed by atoms with Crippen LogP contribution in [-0.4, -0.2) is 50.3 Å². The fourth-order valence-electron chi connectivity index (χ4n) is 1.62. The van der Waals surface area contributed by atoms with E-state index >= 15 is 0 Å². The van der Waals surface area contributed by atoms with E-state index in [4.69, 9.17) is 10.00 Å². The van der Waals surface area contributed by atoms with Gasteiger partial charge >= 0.3 is 0 Å². The van der Waals surface area contributed by atoms with E-state index in [1.54, 1.807) is 7.11 Å². The van der Waals surface area contributed by atoms with Crippen molar-refractivity contribution in [2.75, 3.05) is 33.9 Å². The van der Waals surface area contributed by atoms with E-state index in [0.717, 1.165) is 6.54 Å². The van der Waals surface area contributed by atoms with Crippen LogP contribution in [0, 0.1) is 11.3 Å². The van der Waals surface area contributed by atoms with E-state index < -0.39 is 5.54 Å². The predicted octanol–water partition coefficient (Wildman–Crippen LogP) is 0.845. The third kappa shape index (κ3) is 6.45. The largest absolute Gasteiger partial charge is 0.383 e. The molecular weight excluding hydrogens is 190 g/mol. The summed E-state index contributed by atoms with van der Waals surface area (Å²) in [7, 11) is 3.68. The van der Waals surface area contributed by atoms with Crippen LogP contribution in [-0.2, 0) is 4.74 Å². The normalized spacial score (nSPS) is 15.3. The molecule has 0 aromatic rings. The van der Waals surface area contributed by atoms with Crippen LogP contribution in [0.3, 0.4) is 0 Å². The van der Waals surface area contributed by atoms with Gasteiger partial charge in [-0.05, 0) is 27.8 Å². The molecule has 0 amide bonds. The van der Waals surface area contributed by atoms with Crippen LogP contribution < -0.4 is 5.32 Å². The molecule has 0 heterocycles. The molecule has 0 radical (unpaired) electrons. The Bertz CT molecular complexity index is 212. The Kier molecular flexibility index (Phi) is 6.50. The second-order valence-electron chi connectivity index (χ2n) is 4.47. The van der Waals surface area contributed by atoms with Crippen LogP contribution >= 0.6 is 0 Å². The number of methoxy groups -OCH3 is 1. The van der Waals surface area contributed by atoms with Crippen molar-refractivity contribution in [1.82, 2.24) is 10.2 Å². The molecule has 0 bridgehead atoms. The summed E-state index contributed by atoms with van der Waals surface area (Å²) in [4.78, 5) is 2.10. The number of hydrogen-bond donors (Lipinski definition) is 1. The van der Waals surface area contributed by atoms with Crippen LogP contribution in [0.4, 0.5) is 0 Å². The average molecular weight is 213 g/mol. The van der Waals surface area contributed by atoms with Gasteiger partial charge in [-0.3, -0.25) is 5.32 Å². The Balaban J connectivity index is 4.13. The van der Waals surface area contributed by atoms with Crippen molar-refractivity contribution in [3.8, 4) is 6.07 Å². The molecule has 0 aliphatic heterocycles. The van der Waals surface area contributed by atoms with Crippen molar-refractivity contribution in [3.63, 3.8) is 0 Å². The molecule has 0 aliphatic rings. The van der Waals surface area contributed by atoms with Gasteiger partial charge in [0.25, 0.3) is 0 Å². The summed E-state index contributed by atoms with van der Waals surface area (Å²) in [6.07, 6.45) is 0. The van der Waals surface area contributed by atoms with E-state index in [-0.39, 0.29) is 0 Å². The zero-order chi connectivity index (χ0) is 11.9. The van der Waals surface area contributed by atoms with Gasteiger partial charge in [-0.1, -0.05) is 0 Å². The van der Waals surface area contributed by atoms with Gasteiger partial charge in [-0.15, -0.1) is 0 Å². The Morgan fingerprint density at radius 1 is 1.53 bits per heavy atom. The highest BCUT2D eigenvalue weighted by atomic mass is 16.5. The first kappa shape index (κ1) is 14.4. The number of nitrogens with one attached hydrogen (secondary N) is 1. The highest BCUT2D eigenvalue weighted by Crippen LogP contribution is 2.05. The van der Waals surface area contributed by atoms with Gasteiger partial charge in [-0.2, -0.15) is 5.26 Å². The summed E-state index contributed by atoms with van der Waals surface area (Å²) in [5, 5.41) is 12.4. The van der Waals surface area contributed by atoms with Gasteiger partial charge in [0.2, 0.25) is 0 Å². The summed E-state index contributed by atoms with van der Waals surface area (Å²) in [6, 6.07) is 2.63. The molecule has 1 atom stereocenters. The monoisotopic (exact) mass is 213 g/mol. The molecule has 0 aromatic carbocycles. The van der Waals surface area contributed by atoms with Gasteiger partial charge in [0, 0.05) is 26.2 Å². The van der Waals surface area contributed by atoms with E-state index in [1.807, 2.05) is 27.8 Å². The molecule has 1 N–H and O–H groups in total. The molecular formula is C11H23N3O. The second kappa shape index (κ2) is 6.78. The first-order valence-electron chi connectivity index (χ1n) is 5.30. The molecule has 4 nitrogen and oxygen atoms in total. The lowest BCUT2D eigenvalue weighted by Crippen LogP contribution is -2.52. The average Bonchev–Trinajstić information content (AvgIpc) is 2.13. The summed E-state index contributed by atoms with van der Waals surface area (Å²) < 4.78 is 5.00. The number of ether oxygens (including phenoxy) is 1. The van der Waals surface area contributed by atoms with Crippen LogP contribution in [0.25, 0.3) is 0 Å². The minimum absolute atomic E-state index is 0.311. The zero-order valence-electron chi connectivity index (χ0n) is 10.5. The Morgan fingerprint density at radius 3 is 2.53 bits per heavy atom. The van der Waals surface area contributed by atoms with Crippen molar-refractivity contribution in [3.05, 3.63) is 0 Å². The molecule has 0 fully saturated rings. The maximum absolute atomic E-state index is 9.14. The molecule has 0 rings (SSSR count). The minimum atomic E-state index is -0.489. The van der Waals surface area contributed by atoms with Crippen LogP contribution in [0.2, 0.25) is 0 Å². The van der Waals surface area contributed by atoms with E-state index in [2.05, 4.69) is 16.3 Å². The molecule has 1 unspecified atom stereocenters. The molecule has 0 aromatic heterocycles. The van der Waals surface area contributed by atoms with Crippen molar-refractivity contribution < 1.29 is 4.74 Å². The molecule has 0 saturated carbocycles. The highest BCUT2D eigenvalue weighted by Gasteiger charge is 2.25. The molecule has 88 valence electrons. The molecule has 0 saturated heterocycles. The van der Waals surface area contributed by atoms with Crippen molar-refractivity contribution >= 4 is 0 Å². The molecule has 0 spiro atoms. The Labute approximate surface area is 93.2 Å². The highest BCUT2D eigenvalue weighted by molar-refractivity contribution is 5.06. The Hall–Kier alpha value is -0.630. The van der Waals surface area contributed by atoms with Gasteiger partial charge in [-0.25, -0.2) is 0 Å². The summed E-state index contributed by atoms with van der Waals surface area (Å²) in [5.74, 6) is 0. The Morgan fingerprint density at radius 2 is 2.13 bits per heavy atom. The van der Waals surface area contributed by atoms with E-state index in [1.165, 1.54) is 0 Å². The summed E-state index contributed by atoms with van der Waals surface area (Å²) in [6.45, 7) is 8.25. The molecule has 0 aliphatic carbocycles. The van der Waals surface area contributed by atoms with Gasteiger partial charge in [0.05, 0.1) is 12.7 Å². The lowest BCUT2D eigenvalue weighted by molar-refractivity contribution is 0.149. The van der Waals surface area contributed by atoms with Crippen LogP contribution in [0.5, 0.6) is 0 Å². The maximum Gasteiger partial charge on any atom is 0.116 e. The van der Waals surface area contributed by atoms with Crippen molar-refractivity contribution in [2.45, 2.75) is 32.4 Å². The zero-order valence-corrected chi connectivity index (χ0v) is 10.5. The molecule has 15 heavy (non-hydrogen) atoms. The number of nitriles is 1. The summed E-state index contributed by atoms with van der Waals surface area (Å²) >= 11 is 0. The topological polar surface area (TPSA) is 48.3 Å². The first-order valence-corrected chi connectivity index (χ1v) is 5.30. The van der Waals surface area contributed by atoms with E-state index in [9.17, 15) is 0 Å². The standard InChI is InChI=1S/C11H23N3O/c1-10(2)13-11(3,8-12)9-14(4)6-7-15-5/h10,13H,6-7,9H2,1-5H3. The lowest BCUT2D eigenvalue weighted by atomic mass is 10.0. The second-order valence-corrected chi connectivity index (χ2v) is 4.47. The SMILES string of the molecule is COCCN(C)CC(C)(C#N)NC(C)C. The quantitative estimate of drug-likeness (QED) is 0.681. The third-order valence-electron chi connectivity index (χ3n) is 2.12. The van der Waals surface area contributed by atoms with Gasteiger partial charge in [0.1, 0.15) is 5.54 Å². The predicted molar refractivity (Wildman–Crippen MR) is 61.7 cm³/mol. The summed E-state index contributed by atoms with van der Waals surface area (Å²) in [5.41, 5.74) is -0.489. The lowest BCUT2D eigenvalue weighted by Gasteiger charge is -2.30. The van der Waals surface area contributed by atoms with E-state index in [0.29, 0.717) is 19.2 Å². The fraction of sp³-hybridized carbons (Fsp3) is 0.909. The van der Waals surface area contributed by atoms with Gasteiger partial charge in [0.15, 0.2) is 0 Å². The number of likely N-dealkylation sites (N-methyl/N-ethyl adjacent to an activating group) is 1. The fourth-order valence-corrected chi connectivity index (χ4v) is 1.62. The smallest absolute Gasteiger partial charge is 0.116 e.